The molecule has 0 amide bonds. The second-order valence-electron chi connectivity index (χ2n) is 4.32. The van der Waals surface area contributed by atoms with E-state index in [1.54, 1.807) is 10.8 Å². The summed E-state index contributed by atoms with van der Waals surface area (Å²) in [7, 11) is 1.83. The summed E-state index contributed by atoms with van der Waals surface area (Å²) in [4.78, 5) is 4.15. The van der Waals surface area contributed by atoms with Crippen LogP contribution >= 0.6 is 23.2 Å². The SMILES string of the molecule is C[C@H](N)c1ccc(OCc2ncc(Cl)n2C)c(Cl)c1. The minimum absolute atomic E-state index is 0.0557. The van der Waals surface area contributed by atoms with Gasteiger partial charge in [-0.25, -0.2) is 4.98 Å². The molecule has 1 aromatic carbocycles. The number of nitrogens with zero attached hydrogens (tertiary/aromatic N) is 2. The molecule has 2 aromatic rings. The largest absolute Gasteiger partial charge is 0.484 e. The third-order valence-electron chi connectivity index (χ3n) is 2.87. The lowest BCUT2D eigenvalue weighted by Crippen LogP contribution is -2.06. The van der Waals surface area contributed by atoms with Gasteiger partial charge in [-0.15, -0.1) is 0 Å². The van der Waals surface area contributed by atoms with E-state index >= 15 is 0 Å². The van der Waals surface area contributed by atoms with Crippen LogP contribution < -0.4 is 10.5 Å². The van der Waals surface area contributed by atoms with Crippen molar-refractivity contribution in [2.75, 3.05) is 0 Å². The molecule has 0 aliphatic carbocycles. The maximum Gasteiger partial charge on any atom is 0.147 e. The highest BCUT2D eigenvalue weighted by Crippen LogP contribution is 2.28. The van der Waals surface area contributed by atoms with Crippen LogP contribution in [0.15, 0.2) is 24.4 Å². The molecule has 0 radical (unpaired) electrons. The fourth-order valence-corrected chi connectivity index (χ4v) is 2.01. The van der Waals surface area contributed by atoms with E-state index < -0.39 is 0 Å². The van der Waals surface area contributed by atoms with E-state index in [4.69, 9.17) is 33.7 Å². The molecule has 0 spiro atoms. The molecule has 4 nitrogen and oxygen atoms in total. The van der Waals surface area contributed by atoms with E-state index in [0.717, 1.165) is 11.4 Å². The Kier molecular flexibility index (Phi) is 4.34. The summed E-state index contributed by atoms with van der Waals surface area (Å²) in [5.41, 5.74) is 6.76. The van der Waals surface area contributed by atoms with E-state index in [2.05, 4.69) is 4.98 Å². The van der Waals surface area contributed by atoms with Gasteiger partial charge in [-0.1, -0.05) is 29.3 Å². The number of rotatable bonds is 4. The standard InChI is InChI=1S/C13H15Cl2N3O/c1-8(16)9-3-4-11(10(14)5-9)19-7-13-17-6-12(15)18(13)2/h3-6,8H,7,16H2,1-2H3/t8-/m0/s1. The first-order chi connectivity index (χ1) is 8.99. The number of hydrogen-bond donors (Lipinski definition) is 1. The number of aromatic nitrogens is 2. The van der Waals surface area contributed by atoms with Gasteiger partial charge in [0.2, 0.25) is 0 Å². The average Bonchev–Trinajstić information content (AvgIpc) is 2.68. The van der Waals surface area contributed by atoms with E-state index in [-0.39, 0.29) is 6.04 Å². The van der Waals surface area contributed by atoms with Crippen LogP contribution in [-0.4, -0.2) is 9.55 Å². The highest BCUT2D eigenvalue weighted by molar-refractivity contribution is 6.32. The maximum atomic E-state index is 6.15. The molecule has 0 saturated carbocycles. The number of halogens is 2. The molecular weight excluding hydrogens is 285 g/mol. The van der Waals surface area contributed by atoms with E-state index in [9.17, 15) is 0 Å². The van der Waals surface area contributed by atoms with Crippen LogP contribution in [0, 0.1) is 0 Å². The summed E-state index contributed by atoms with van der Waals surface area (Å²) in [6.45, 7) is 2.21. The van der Waals surface area contributed by atoms with Gasteiger partial charge in [0.05, 0.1) is 11.2 Å². The number of benzene rings is 1. The first-order valence-corrected chi connectivity index (χ1v) is 6.58. The van der Waals surface area contributed by atoms with Crippen molar-refractivity contribution in [3.05, 3.63) is 46.0 Å². The maximum absolute atomic E-state index is 6.15. The van der Waals surface area contributed by atoms with Crippen molar-refractivity contribution >= 4 is 23.2 Å². The van der Waals surface area contributed by atoms with Crippen LogP contribution in [-0.2, 0) is 13.7 Å². The molecule has 1 atom stereocenters. The highest BCUT2D eigenvalue weighted by Gasteiger charge is 2.09. The number of ether oxygens (including phenoxy) is 1. The molecule has 0 aliphatic heterocycles. The number of nitrogens with two attached hydrogens (primary N) is 1. The van der Waals surface area contributed by atoms with Gasteiger partial charge in [-0.3, -0.25) is 0 Å². The molecule has 19 heavy (non-hydrogen) atoms. The Hall–Kier alpha value is -1.23. The Balaban J connectivity index is 2.10. The topological polar surface area (TPSA) is 53.1 Å². The first kappa shape index (κ1) is 14.2. The molecule has 2 N–H and O–H groups in total. The van der Waals surface area contributed by atoms with Crippen LogP contribution in [0.2, 0.25) is 10.2 Å². The van der Waals surface area contributed by atoms with Gasteiger partial charge >= 0.3 is 0 Å². The van der Waals surface area contributed by atoms with Gasteiger partial charge in [-0.05, 0) is 24.6 Å². The highest BCUT2D eigenvalue weighted by atomic mass is 35.5. The van der Waals surface area contributed by atoms with Gasteiger partial charge in [0.1, 0.15) is 23.3 Å². The molecular formula is C13H15Cl2N3O. The fraction of sp³-hybridized carbons (Fsp3) is 0.308. The zero-order valence-corrected chi connectivity index (χ0v) is 12.2. The second kappa shape index (κ2) is 5.82. The summed E-state index contributed by atoms with van der Waals surface area (Å²) >= 11 is 12.1. The summed E-state index contributed by atoms with van der Waals surface area (Å²) < 4.78 is 7.39. The number of imidazole rings is 1. The van der Waals surface area contributed by atoms with Gasteiger partial charge in [0.25, 0.3) is 0 Å². The Morgan fingerprint density at radius 3 is 2.68 bits per heavy atom. The third-order valence-corrected chi connectivity index (χ3v) is 3.51. The van der Waals surface area contributed by atoms with Crippen molar-refractivity contribution < 1.29 is 4.74 Å². The molecule has 102 valence electrons. The van der Waals surface area contributed by atoms with Gasteiger partial charge in [0.15, 0.2) is 0 Å². The van der Waals surface area contributed by atoms with Gasteiger partial charge in [-0.2, -0.15) is 0 Å². The number of hydrogen-bond acceptors (Lipinski definition) is 3. The van der Waals surface area contributed by atoms with Gasteiger partial charge < -0.3 is 15.0 Å². The zero-order chi connectivity index (χ0) is 14.0. The van der Waals surface area contributed by atoms with Crippen LogP contribution in [0.4, 0.5) is 0 Å². The summed E-state index contributed by atoms with van der Waals surface area (Å²) in [6, 6.07) is 5.47. The smallest absolute Gasteiger partial charge is 0.147 e. The minimum Gasteiger partial charge on any atom is -0.484 e. The molecule has 1 heterocycles. The Morgan fingerprint density at radius 2 is 2.16 bits per heavy atom. The fourth-order valence-electron chi connectivity index (χ4n) is 1.62. The molecule has 1 aromatic heterocycles. The molecule has 0 fully saturated rings. The molecule has 0 unspecified atom stereocenters. The van der Waals surface area contributed by atoms with E-state index in [0.29, 0.717) is 22.5 Å². The summed E-state index contributed by atoms with van der Waals surface area (Å²) in [6.07, 6.45) is 1.58. The van der Waals surface area contributed by atoms with Crippen molar-refractivity contribution in [1.82, 2.24) is 9.55 Å². The Morgan fingerprint density at radius 1 is 1.42 bits per heavy atom. The molecule has 0 bridgehead atoms. The predicted molar refractivity (Wildman–Crippen MR) is 76.6 cm³/mol. The Labute approximate surface area is 122 Å². The Bertz CT molecular complexity index is 581. The van der Waals surface area contributed by atoms with Crippen molar-refractivity contribution in [1.29, 1.82) is 0 Å². The lowest BCUT2D eigenvalue weighted by Gasteiger charge is -2.11. The van der Waals surface area contributed by atoms with Crippen molar-refractivity contribution in [2.45, 2.75) is 19.6 Å². The predicted octanol–water partition coefficient (Wildman–Crippen LogP) is 3.33. The first-order valence-electron chi connectivity index (χ1n) is 5.83. The molecule has 0 aliphatic rings. The van der Waals surface area contributed by atoms with Crippen molar-refractivity contribution in [2.24, 2.45) is 12.8 Å². The van der Waals surface area contributed by atoms with Crippen LogP contribution in [0.5, 0.6) is 5.75 Å². The normalized spacial score (nSPS) is 12.5. The lowest BCUT2D eigenvalue weighted by atomic mass is 10.1. The van der Waals surface area contributed by atoms with Gasteiger partial charge in [0, 0.05) is 13.1 Å². The van der Waals surface area contributed by atoms with Crippen molar-refractivity contribution in [3.63, 3.8) is 0 Å². The monoisotopic (exact) mass is 299 g/mol. The molecule has 0 saturated heterocycles. The van der Waals surface area contributed by atoms with Crippen LogP contribution in [0.25, 0.3) is 0 Å². The van der Waals surface area contributed by atoms with E-state index in [1.165, 1.54) is 0 Å². The van der Waals surface area contributed by atoms with E-state index in [1.807, 2.05) is 32.2 Å². The average molecular weight is 300 g/mol. The zero-order valence-electron chi connectivity index (χ0n) is 10.7. The summed E-state index contributed by atoms with van der Waals surface area (Å²) in [5, 5.41) is 1.10. The lowest BCUT2D eigenvalue weighted by molar-refractivity contribution is 0.292. The third kappa shape index (κ3) is 3.21. The second-order valence-corrected chi connectivity index (χ2v) is 5.12. The van der Waals surface area contributed by atoms with Crippen molar-refractivity contribution in [3.8, 4) is 5.75 Å². The quantitative estimate of drug-likeness (QED) is 0.942. The minimum atomic E-state index is -0.0557. The van der Waals surface area contributed by atoms with Crippen LogP contribution in [0.3, 0.4) is 0 Å². The molecule has 6 heteroatoms. The van der Waals surface area contributed by atoms with Crippen LogP contribution in [0.1, 0.15) is 24.4 Å². The summed E-state index contributed by atoms with van der Waals surface area (Å²) in [5.74, 6) is 1.34. The molecule has 2 rings (SSSR count).